The number of fused-ring (bicyclic) bond motifs is 1. The highest BCUT2D eigenvalue weighted by molar-refractivity contribution is 5.77. The molecule has 0 bridgehead atoms. The molecule has 2 nitrogen and oxygen atoms in total. The fraction of sp³-hybridized carbons (Fsp3) is 0.0714. The molecule has 2 heterocycles. The van der Waals surface area contributed by atoms with Gasteiger partial charge in [0, 0.05) is 23.5 Å². The van der Waals surface area contributed by atoms with Crippen molar-refractivity contribution in [3.05, 3.63) is 60.4 Å². The lowest BCUT2D eigenvalue weighted by Gasteiger charge is -2.10. The summed E-state index contributed by atoms with van der Waals surface area (Å²) in [6, 6.07) is 10.7. The molecule has 0 N–H and O–H groups in total. The normalized spacial score (nSPS) is 11.9. The monoisotopic (exact) mass is 262 g/mol. The smallest absolute Gasteiger partial charge is 0.301 e. The van der Waals surface area contributed by atoms with Gasteiger partial charge < -0.3 is 4.57 Å². The van der Waals surface area contributed by atoms with Crippen molar-refractivity contribution in [3.63, 3.8) is 0 Å². The van der Waals surface area contributed by atoms with E-state index in [2.05, 4.69) is 4.98 Å². The number of pyridine rings is 1. The van der Waals surface area contributed by atoms with Gasteiger partial charge in [-0.3, -0.25) is 0 Å². The molecule has 0 aliphatic heterocycles. The van der Waals surface area contributed by atoms with E-state index in [9.17, 15) is 13.2 Å². The molecule has 3 aromatic rings. The number of nitrogens with zero attached hydrogens (tertiary/aromatic N) is 2. The van der Waals surface area contributed by atoms with Crippen molar-refractivity contribution in [3.8, 4) is 5.69 Å². The third-order valence-electron chi connectivity index (χ3n) is 2.90. The Kier molecular flexibility index (Phi) is 2.55. The molecular formula is C14H9F3N2. The van der Waals surface area contributed by atoms with Crippen LogP contribution in [0.3, 0.4) is 0 Å². The standard InChI is InChI=1S/C14H9F3N2/c15-14(16,17)11-4-1-5-12(9-11)19-8-6-10-3-2-7-18-13(10)19/h1-9H. The third-order valence-corrected chi connectivity index (χ3v) is 2.90. The summed E-state index contributed by atoms with van der Waals surface area (Å²) in [4.78, 5) is 4.19. The van der Waals surface area contributed by atoms with E-state index in [0.29, 0.717) is 11.3 Å². The van der Waals surface area contributed by atoms with Gasteiger partial charge in [-0.2, -0.15) is 13.2 Å². The van der Waals surface area contributed by atoms with Gasteiger partial charge in [-0.25, -0.2) is 4.98 Å². The molecule has 0 spiro atoms. The molecule has 5 heteroatoms. The molecule has 2 aromatic heterocycles. The summed E-state index contributed by atoms with van der Waals surface area (Å²) in [7, 11) is 0. The maximum Gasteiger partial charge on any atom is 0.416 e. The predicted molar refractivity (Wildman–Crippen MR) is 66.1 cm³/mol. The average Bonchev–Trinajstić information content (AvgIpc) is 2.82. The summed E-state index contributed by atoms with van der Waals surface area (Å²) in [5, 5.41) is 0.889. The molecular weight excluding hydrogens is 253 g/mol. The van der Waals surface area contributed by atoms with Crippen molar-refractivity contribution in [2.45, 2.75) is 6.18 Å². The van der Waals surface area contributed by atoms with Crippen molar-refractivity contribution in [1.82, 2.24) is 9.55 Å². The van der Waals surface area contributed by atoms with Crippen molar-refractivity contribution in [1.29, 1.82) is 0 Å². The Hall–Kier alpha value is -2.30. The minimum Gasteiger partial charge on any atom is -0.301 e. The minimum atomic E-state index is -4.34. The van der Waals surface area contributed by atoms with Crippen LogP contribution < -0.4 is 0 Å². The van der Waals surface area contributed by atoms with Gasteiger partial charge >= 0.3 is 6.18 Å². The van der Waals surface area contributed by atoms with E-state index >= 15 is 0 Å². The van der Waals surface area contributed by atoms with Crippen molar-refractivity contribution < 1.29 is 13.2 Å². The number of benzene rings is 1. The largest absolute Gasteiger partial charge is 0.416 e. The molecule has 3 rings (SSSR count). The summed E-state index contributed by atoms with van der Waals surface area (Å²) in [5.74, 6) is 0. The van der Waals surface area contributed by atoms with Gasteiger partial charge in [-0.05, 0) is 36.4 Å². The van der Waals surface area contributed by atoms with Crippen LogP contribution in [0.1, 0.15) is 5.56 Å². The molecule has 0 saturated carbocycles. The SMILES string of the molecule is FC(F)(F)c1cccc(-n2ccc3cccnc32)c1. The van der Waals surface area contributed by atoms with E-state index in [1.807, 2.05) is 12.1 Å². The molecule has 96 valence electrons. The van der Waals surface area contributed by atoms with Gasteiger partial charge in [0.05, 0.1) is 5.56 Å². The van der Waals surface area contributed by atoms with Crippen molar-refractivity contribution in [2.75, 3.05) is 0 Å². The van der Waals surface area contributed by atoms with Crippen LogP contribution in [0.15, 0.2) is 54.9 Å². The number of halogens is 3. The topological polar surface area (TPSA) is 17.8 Å². The zero-order valence-electron chi connectivity index (χ0n) is 9.72. The zero-order valence-corrected chi connectivity index (χ0v) is 9.72. The molecule has 0 fully saturated rings. The van der Waals surface area contributed by atoms with Crippen LogP contribution in [0.4, 0.5) is 13.2 Å². The maximum atomic E-state index is 12.7. The highest BCUT2D eigenvalue weighted by Crippen LogP contribution is 2.30. The predicted octanol–water partition coefficient (Wildman–Crippen LogP) is 4.04. The van der Waals surface area contributed by atoms with Crippen LogP contribution in [-0.4, -0.2) is 9.55 Å². The Morgan fingerprint density at radius 1 is 1.00 bits per heavy atom. The first-order valence-corrected chi connectivity index (χ1v) is 5.65. The molecule has 0 radical (unpaired) electrons. The lowest BCUT2D eigenvalue weighted by atomic mass is 10.2. The fourth-order valence-corrected chi connectivity index (χ4v) is 2.01. The minimum absolute atomic E-state index is 0.448. The highest BCUT2D eigenvalue weighted by atomic mass is 19.4. The molecule has 0 aliphatic carbocycles. The molecule has 0 unspecified atom stereocenters. The molecule has 0 atom stereocenters. The van der Waals surface area contributed by atoms with Crippen LogP contribution in [-0.2, 0) is 6.18 Å². The lowest BCUT2D eigenvalue weighted by molar-refractivity contribution is -0.137. The van der Waals surface area contributed by atoms with Crippen LogP contribution in [0, 0.1) is 0 Å². The van der Waals surface area contributed by atoms with Gasteiger partial charge in [-0.15, -0.1) is 0 Å². The van der Waals surface area contributed by atoms with Gasteiger partial charge in [0.2, 0.25) is 0 Å². The van der Waals surface area contributed by atoms with Crippen LogP contribution in [0.5, 0.6) is 0 Å². The van der Waals surface area contributed by atoms with Crippen LogP contribution >= 0.6 is 0 Å². The van der Waals surface area contributed by atoms with Crippen LogP contribution in [0.2, 0.25) is 0 Å². The van der Waals surface area contributed by atoms with E-state index in [1.165, 1.54) is 6.07 Å². The number of rotatable bonds is 1. The number of alkyl halides is 3. The van der Waals surface area contributed by atoms with E-state index in [1.54, 1.807) is 29.1 Å². The summed E-state index contributed by atoms with van der Waals surface area (Å²) in [5.41, 5.74) is 0.424. The van der Waals surface area contributed by atoms with Crippen molar-refractivity contribution >= 4 is 11.0 Å². The van der Waals surface area contributed by atoms with Gasteiger partial charge in [0.15, 0.2) is 0 Å². The Bertz CT molecular complexity index is 729. The summed E-state index contributed by atoms with van der Waals surface area (Å²) in [6.45, 7) is 0. The molecule has 0 saturated heterocycles. The Morgan fingerprint density at radius 3 is 2.63 bits per heavy atom. The number of hydrogen-bond donors (Lipinski definition) is 0. The second-order valence-corrected chi connectivity index (χ2v) is 4.15. The van der Waals surface area contributed by atoms with Gasteiger partial charge in [-0.1, -0.05) is 6.07 Å². The molecule has 1 aromatic carbocycles. The summed E-state index contributed by atoms with van der Waals surface area (Å²) < 4.78 is 39.7. The Labute approximate surface area is 107 Å². The van der Waals surface area contributed by atoms with E-state index in [4.69, 9.17) is 0 Å². The summed E-state index contributed by atoms with van der Waals surface area (Å²) >= 11 is 0. The maximum absolute atomic E-state index is 12.7. The quantitative estimate of drug-likeness (QED) is 0.647. The van der Waals surface area contributed by atoms with E-state index in [-0.39, 0.29) is 0 Å². The molecule has 19 heavy (non-hydrogen) atoms. The second-order valence-electron chi connectivity index (χ2n) is 4.15. The second kappa shape index (κ2) is 4.12. The lowest BCUT2D eigenvalue weighted by Crippen LogP contribution is -2.05. The van der Waals surface area contributed by atoms with E-state index in [0.717, 1.165) is 17.5 Å². The van der Waals surface area contributed by atoms with E-state index < -0.39 is 11.7 Å². The first-order chi connectivity index (χ1) is 9.05. The average molecular weight is 262 g/mol. The Balaban J connectivity index is 2.17. The van der Waals surface area contributed by atoms with Gasteiger partial charge in [0.1, 0.15) is 5.65 Å². The third kappa shape index (κ3) is 2.07. The number of aromatic nitrogens is 2. The first-order valence-electron chi connectivity index (χ1n) is 5.65. The Morgan fingerprint density at radius 2 is 1.84 bits per heavy atom. The zero-order chi connectivity index (χ0) is 13.5. The summed E-state index contributed by atoms with van der Waals surface area (Å²) in [6.07, 6.45) is -1.01. The first kappa shape index (κ1) is 11.8. The van der Waals surface area contributed by atoms with Gasteiger partial charge in [0.25, 0.3) is 0 Å². The van der Waals surface area contributed by atoms with Crippen LogP contribution in [0.25, 0.3) is 16.7 Å². The molecule has 0 amide bonds. The molecule has 0 aliphatic rings. The fourth-order valence-electron chi connectivity index (χ4n) is 2.01. The van der Waals surface area contributed by atoms with Crippen molar-refractivity contribution in [2.24, 2.45) is 0 Å². The highest BCUT2D eigenvalue weighted by Gasteiger charge is 2.30. The number of hydrogen-bond acceptors (Lipinski definition) is 1.